The molecular weight excluding hydrogens is 215 g/mol. The topological polar surface area (TPSA) is 52.6 Å². The van der Waals surface area contributed by atoms with Crippen molar-refractivity contribution in [3.05, 3.63) is 0 Å². The van der Waals surface area contributed by atoms with Crippen molar-refractivity contribution in [3.63, 3.8) is 0 Å². The predicted octanol–water partition coefficient (Wildman–Crippen LogP) is 2.62. The van der Waals surface area contributed by atoms with E-state index in [4.69, 9.17) is 9.05 Å². The molecule has 2 atom stereocenters. The number of Topliss-reactive ketones (excluding diaryl/α,β-unsaturated/α-hetero) is 1. The highest BCUT2D eigenvalue weighted by atomic mass is 31.2. The Bertz CT molecular complexity index is 267. The summed E-state index contributed by atoms with van der Waals surface area (Å²) in [5, 5.41) is 0. The lowest BCUT2D eigenvalue weighted by atomic mass is 10.1. The average Bonchev–Trinajstić information content (AvgIpc) is 2.49. The third-order valence-electron chi connectivity index (χ3n) is 2.80. The van der Waals surface area contributed by atoms with Gasteiger partial charge in [0.25, 0.3) is 0 Å². The van der Waals surface area contributed by atoms with Crippen molar-refractivity contribution in [1.82, 2.24) is 0 Å². The van der Waals surface area contributed by atoms with Crippen molar-refractivity contribution >= 4 is 13.4 Å². The maximum absolute atomic E-state index is 12.4. The third kappa shape index (κ3) is 2.68. The highest BCUT2D eigenvalue weighted by Gasteiger charge is 2.45. The molecule has 0 bridgehead atoms. The summed E-state index contributed by atoms with van der Waals surface area (Å²) in [5.41, 5.74) is -0.245. The molecule has 0 N–H and O–H groups in total. The second-order valence-corrected chi connectivity index (χ2v) is 6.00. The molecule has 0 aromatic carbocycles. The van der Waals surface area contributed by atoms with Gasteiger partial charge in [-0.2, -0.15) is 0 Å². The van der Waals surface area contributed by atoms with Crippen LogP contribution >= 0.6 is 7.60 Å². The number of rotatable bonds is 5. The van der Waals surface area contributed by atoms with Crippen molar-refractivity contribution in [3.8, 4) is 0 Å². The lowest BCUT2D eigenvalue weighted by Gasteiger charge is -2.24. The third-order valence-corrected chi connectivity index (χ3v) is 5.55. The van der Waals surface area contributed by atoms with Gasteiger partial charge in [0.2, 0.25) is 0 Å². The molecule has 15 heavy (non-hydrogen) atoms. The summed E-state index contributed by atoms with van der Waals surface area (Å²) in [4.78, 5) is 11.4. The minimum atomic E-state index is -3.08. The van der Waals surface area contributed by atoms with Crippen LogP contribution in [0.5, 0.6) is 0 Å². The second-order valence-electron chi connectivity index (χ2n) is 3.74. The van der Waals surface area contributed by atoms with Gasteiger partial charge >= 0.3 is 7.60 Å². The Morgan fingerprint density at radius 2 is 1.87 bits per heavy atom. The van der Waals surface area contributed by atoms with Crippen LogP contribution in [0.4, 0.5) is 0 Å². The fraction of sp³-hybridized carbons (Fsp3) is 0.900. The Labute approximate surface area is 90.9 Å². The summed E-state index contributed by atoms with van der Waals surface area (Å²) in [6.45, 7) is 6.09. The zero-order valence-corrected chi connectivity index (χ0v) is 10.5. The van der Waals surface area contributed by atoms with Gasteiger partial charge in [0.1, 0.15) is 5.78 Å². The van der Waals surface area contributed by atoms with Crippen LogP contribution in [0, 0.1) is 5.92 Å². The van der Waals surface area contributed by atoms with Crippen LogP contribution in [0.15, 0.2) is 0 Å². The summed E-state index contributed by atoms with van der Waals surface area (Å²) in [6, 6.07) is 0. The molecule has 4 nitrogen and oxygen atoms in total. The second kappa shape index (κ2) is 5.24. The van der Waals surface area contributed by atoms with Gasteiger partial charge in [0, 0.05) is 12.3 Å². The molecule has 0 radical (unpaired) electrons. The molecule has 1 fully saturated rings. The largest absolute Gasteiger partial charge is 0.334 e. The molecular formula is C10H19O4P. The Kier molecular flexibility index (Phi) is 4.50. The Morgan fingerprint density at radius 3 is 2.20 bits per heavy atom. The van der Waals surface area contributed by atoms with Crippen molar-refractivity contribution < 1.29 is 18.4 Å². The van der Waals surface area contributed by atoms with E-state index in [1.54, 1.807) is 13.8 Å². The number of carbonyl (C=O) groups is 1. The smallest absolute Gasteiger partial charge is 0.309 e. The van der Waals surface area contributed by atoms with E-state index in [1.165, 1.54) is 0 Å². The van der Waals surface area contributed by atoms with Crippen molar-refractivity contribution in [2.45, 2.75) is 39.3 Å². The van der Waals surface area contributed by atoms with Gasteiger partial charge in [-0.15, -0.1) is 0 Å². The van der Waals surface area contributed by atoms with Crippen LogP contribution in [0.1, 0.15) is 33.6 Å². The molecule has 1 aliphatic carbocycles. The molecule has 5 heteroatoms. The molecule has 0 amide bonds. The first-order valence-electron chi connectivity index (χ1n) is 5.46. The summed E-state index contributed by atoms with van der Waals surface area (Å²) in [7, 11) is -3.08. The SMILES string of the molecule is CCOP(=O)(OCC)C1CCC(=O)C1C. The Hall–Kier alpha value is -0.180. The lowest BCUT2D eigenvalue weighted by molar-refractivity contribution is -0.120. The Balaban J connectivity index is 2.80. The maximum Gasteiger partial charge on any atom is 0.334 e. The average molecular weight is 234 g/mol. The quantitative estimate of drug-likeness (QED) is 0.686. The molecule has 0 aromatic rings. The zero-order chi connectivity index (χ0) is 11.5. The highest BCUT2D eigenvalue weighted by Crippen LogP contribution is 2.59. The summed E-state index contributed by atoms with van der Waals surface area (Å²) < 4.78 is 22.9. The first-order chi connectivity index (χ1) is 7.05. The fourth-order valence-corrected chi connectivity index (χ4v) is 4.34. The molecule has 0 aliphatic heterocycles. The molecule has 0 saturated heterocycles. The van der Waals surface area contributed by atoms with E-state index in [2.05, 4.69) is 0 Å². The minimum absolute atomic E-state index is 0.166. The molecule has 0 spiro atoms. The fourth-order valence-electron chi connectivity index (χ4n) is 2.00. The minimum Gasteiger partial charge on any atom is -0.309 e. The monoisotopic (exact) mass is 234 g/mol. The lowest BCUT2D eigenvalue weighted by Crippen LogP contribution is -2.19. The molecule has 1 saturated carbocycles. The van der Waals surface area contributed by atoms with Gasteiger partial charge in [-0.05, 0) is 20.3 Å². The van der Waals surface area contributed by atoms with Gasteiger partial charge in [0.05, 0.1) is 18.9 Å². The van der Waals surface area contributed by atoms with Crippen LogP contribution in [-0.4, -0.2) is 24.7 Å². The number of ketones is 1. The van der Waals surface area contributed by atoms with E-state index in [1.807, 2.05) is 6.92 Å². The molecule has 1 aliphatic rings. The number of hydrogen-bond donors (Lipinski definition) is 0. The summed E-state index contributed by atoms with van der Waals surface area (Å²) in [6.07, 6.45) is 1.12. The standard InChI is InChI=1S/C10H19O4P/c1-4-13-15(12,14-5-2)10-7-6-9(11)8(10)3/h8,10H,4-7H2,1-3H3. The first-order valence-corrected chi connectivity index (χ1v) is 7.07. The number of carbonyl (C=O) groups excluding carboxylic acids is 1. The summed E-state index contributed by atoms with van der Waals surface area (Å²) >= 11 is 0. The molecule has 0 heterocycles. The van der Waals surface area contributed by atoms with Crippen LogP contribution in [0.2, 0.25) is 0 Å². The van der Waals surface area contributed by atoms with Gasteiger partial charge in [0.15, 0.2) is 0 Å². The van der Waals surface area contributed by atoms with Crippen LogP contribution in [-0.2, 0) is 18.4 Å². The normalized spacial score (nSPS) is 27.3. The summed E-state index contributed by atoms with van der Waals surface area (Å²) in [5.74, 6) is -0.0337. The van der Waals surface area contributed by atoms with Crippen molar-refractivity contribution in [2.24, 2.45) is 5.92 Å². The highest BCUT2D eigenvalue weighted by molar-refractivity contribution is 7.54. The molecule has 0 aromatic heterocycles. The maximum atomic E-state index is 12.4. The van der Waals surface area contributed by atoms with Crippen LogP contribution in [0.3, 0.4) is 0 Å². The predicted molar refractivity (Wildman–Crippen MR) is 58.1 cm³/mol. The first kappa shape index (κ1) is 12.9. The zero-order valence-electron chi connectivity index (χ0n) is 9.56. The molecule has 2 unspecified atom stereocenters. The Morgan fingerprint density at radius 1 is 1.33 bits per heavy atom. The van der Waals surface area contributed by atoms with Gasteiger partial charge in [-0.1, -0.05) is 6.92 Å². The van der Waals surface area contributed by atoms with E-state index in [-0.39, 0.29) is 17.4 Å². The van der Waals surface area contributed by atoms with E-state index in [0.717, 1.165) is 0 Å². The van der Waals surface area contributed by atoms with Crippen molar-refractivity contribution in [1.29, 1.82) is 0 Å². The van der Waals surface area contributed by atoms with Gasteiger partial charge in [-0.25, -0.2) is 0 Å². The van der Waals surface area contributed by atoms with Crippen LogP contribution < -0.4 is 0 Å². The molecule has 1 rings (SSSR count). The van der Waals surface area contributed by atoms with Crippen LogP contribution in [0.25, 0.3) is 0 Å². The molecule has 88 valence electrons. The van der Waals surface area contributed by atoms with E-state index in [0.29, 0.717) is 26.1 Å². The van der Waals surface area contributed by atoms with Gasteiger partial charge < -0.3 is 9.05 Å². The van der Waals surface area contributed by atoms with E-state index >= 15 is 0 Å². The number of hydrogen-bond acceptors (Lipinski definition) is 4. The van der Waals surface area contributed by atoms with E-state index < -0.39 is 7.60 Å². The van der Waals surface area contributed by atoms with E-state index in [9.17, 15) is 9.36 Å². The van der Waals surface area contributed by atoms with Gasteiger partial charge in [-0.3, -0.25) is 9.36 Å². The van der Waals surface area contributed by atoms with Crippen molar-refractivity contribution in [2.75, 3.05) is 13.2 Å².